The van der Waals surface area contributed by atoms with Crippen LogP contribution in [0.4, 0.5) is 0 Å². The van der Waals surface area contributed by atoms with Gasteiger partial charge >= 0.3 is 5.97 Å². The lowest BCUT2D eigenvalue weighted by Gasteiger charge is -2.02. The normalized spacial score (nSPS) is 10.4. The largest absolute Gasteiger partial charge is 0.481 e. The van der Waals surface area contributed by atoms with Gasteiger partial charge in [0, 0.05) is 12.3 Å². The van der Waals surface area contributed by atoms with E-state index in [1.54, 1.807) is 0 Å². The van der Waals surface area contributed by atoms with E-state index in [1.165, 1.54) is 96.3 Å². The molecule has 0 aliphatic rings. The quantitative estimate of drug-likeness (QED) is 0.192. The van der Waals surface area contributed by atoms with E-state index in [-0.39, 0.29) is 0 Å². The van der Waals surface area contributed by atoms with Crippen LogP contribution in [0, 0.1) is 0 Å². The van der Waals surface area contributed by atoms with Crippen molar-refractivity contribution in [1.82, 2.24) is 0 Å². The molecule has 0 atom stereocenters. The minimum absolute atomic E-state index is 0.345. The molecule has 152 valence electrons. The Labute approximate surface area is 163 Å². The van der Waals surface area contributed by atoms with Crippen molar-refractivity contribution in [2.24, 2.45) is 0 Å². The summed E-state index contributed by atoms with van der Waals surface area (Å²) in [6.07, 6.45) is 22.5. The molecule has 0 aromatic carbocycles. The van der Waals surface area contributed by atoms with Crippen molar-refractivity contribution >= 4 is 17.6 Å². The highest BCUT2D eigenvalue weighted by atomic mass is 35.5. The number of carboxylic acid groups (broad SMARTS) is 1. The molecular weight excluding hydrogens is 332 g/mol. The van der Waals surface area contributed by atoms with Gasteiger partial charge in [-0.1, -0.05) is 110 Å². The Balaban J connectivity index is 0. The zero-order valence-corrected chi connectivity index (χ0v) is 17.9. The average Bonchev–Trinajstić information content (AvgIpc) is 2.60. The summed E-state index contributed by atoms with van der Waals surface area (Å²) in [6, 6.07) is 0. The number of hydrogen-bond acceptors (Lipinski definition) is 1. The first-order valence-corrected chi connectivity index (χ1v) is 11.5. The van der Waals surface area contributed by atoms with Crippen LogP contribution in [0.2, 0.25) is 0 Å². The number of halogens is 1. The molecule has 0 aliphatic carbocycles. The molecule has 0 fully saturated rings. The predicted octanol–water partition coefficient (Wildman–Crippen LogP) is 8.36. The molecule has 0 saturated carbocycles. The highest BCUT2D eigenvalue weighted by molar-refractivity contribution is 6.17. The lowest BCUT2D eigenvalue weighted by Crippen LogP contribution is -1.93. The Hall–Kier alpha value is -0.240. The van der Waals surface area contributed by atoms with Crippen LogP contribution in [0.5, 0.6) is 0 Å². The minimum atomic E-state index is -0.654. The standard InChI is InChI=1S/C17H34O2.C5H11Cl/c1-2-3-4-5-6-7-8-9-10-11-12-13-14-15-16-17(18)19;1-2-3-4-5-6/h2-16H2,1H3,(H,18,19);2-5H2,1H3. The molecule has 1 N–H and O–H groups in total. The van der Waals surface area contributed by atoms with E-state index in [4.69, 9.17) is 16.7 Å². The molecule has 0 heterocycles. The summed E-state index contributed by atoms with van der Waals surface area (Å²) in [7, 11) is 0. The maximum Gasteiger partial charge on any atom is 0.303 e. The fraction of sp³-hybridized carbons (Fsp3) is 0.955. The van der Waals surface area contributed by atoms with Crippen molar-refractivity contribution in [2.45, 2.75) is 129 Å². The number of hydrogen-bond donors (Lipinski definition) is 1. The molecule has 0 spiro atoms. The second kappa shape index (κ2) is 26.0. The van der Waals surface area contributed by atoms with Gasteiger partial charge in [0.1, 0.15) is 0 Å². The second-order valence-electron chi connectivity index (χ2n) is 7.14. The lowest BCUT2D eigenvalue weighted by molar-refractivity contribution is -0.137. The van der Waals surface area contributed by atoms with Crippen LogP contribution >= 0.6 is 11.6 Å². The number of alkyl halides is 1. The van der Waals surface area contributed by atoms with Gasteiger partial charge in [-0.3, -0.25) is 4.79 Å². The van der Waals surface area contributed by atoms with Gasteiger partial charge in [-0.05, 0) is 12.8 Å². The van der Waals surface area contributed by atoms with E-state index < -0.39 is 5.97 Å². The molecule has 2 nitrogen and oxygen atoms in total. The highest BCUT2D eigenvalue weighted by Crippen LogP contribution is 2.13. The smallest absolute Gasteiger partial charge is 0.303 e. The molecule has 0 rings (SSSR count). The molecule has 0 aliphatic heterocycles. The molecule has 0 radical (unpaired) electrons. The first-order valence-electron chi connectivity index (χ1n) is 11.0. The van der Waals surface area contributed by atoms with E-state index >= 15 is 0 Å². The Kier molecular flexibility index (Phi) is 28.1. The summed E-state index contributed by atoms with van der Waals surface area (Å²) in [5.41, 5.74) is 0. The molecular formula is C22H45ClO2. The van der Waals surface area contributed by atoms with Gasteiger partial charge in [0.05, 0.1) is 0 Å². The van der Waals surface area contributed by atoms with Crippen LogP contribution in [0.1, 0.15) is 129 Å². The molecule has 0 aromatic rings. The van der Waals surface area contributed by atoms with Crippen molar-refractivity contribution in [3.63, 3.8) is 0 Å². The van der Waals surface area contributed by atoms with Crippen LogP contribution in [-0.2, 0) is 4.79 Å². The lowest BCUT2D eigenvalue weighted by atomic mass is 10.0. The maximum atomic E-state index is 10.3. The van der Waals surface area contributed by atoms with Crippen molar-refractivity contribution in [3.8, 4) is 0 Å². The second-order valence-corrected chi connectivity index (χ2v) is 7.51. The zero-order chi connectivity index (χ0) is 19.0. The van der Waals surface area contributed by atoms with Gasteiger partial charge < -0.3 is 5.11 Å². The first kappa shape index (κ1) is 27.0. The van der Waals surface area contributed by atoms with E-state index in [9.17, 15) is 4.79 Å². The van der Waals surface area contributed by atoms with Gasteiger partial charge in [0.25, 0.3) is 0 Å². The van der Waals surface area contributed by atoms with E-state index in [1.807, 2.05) is 0 Å². The van der Waals surface area contributed by atoms with Crippen LogP contribution in [0.15, 0.2) is 0 Å². The summed E-state index contributed by atoms with van der Waals surface area (Å²) in [5, 5.41) is 8.50. The Morgan fingerprint density at radius 3 is 1.20 bits per heavy atom. The maximum absolute atomic E-state index is 10.3. The van der Waals surface area contributed by atoms with E-state index in [0.717, 1.165) is 18.7 Å². The Bertz CT molecular complexity index is 240. The molecule has 0 amide bonds. The van der Waals surface area contributed by atoms with Gasteiger partial charge in [-0.25, -0.2) is 0 Å². The van der Waals surface area contributed by atoms with Crippen LogP contribution in [-0.4, -0.2) is 17.0 Å². The van der Waals surface area contributed by atoms with Gasteiger partial charge in [0.15, 0.2) is 0 Å². The first-order chi connectivity index (χ1) is 12.2. The summed E-state index contributed by atoms with van der Waals surface area (Å²) in [6.45, 7) is 4.44. The molecule has 0 bridgehead atoms. The third kappa shape index (κ3) is 32.0. The Morgan fingerprint density at radius 1 is 0.600 bits per heavy atom. The molecule has 0 aromatic heterocycles. The van der Waals surface area contributed by atoms with E-state index in [2.05, 4.69) is 13.8 Å². The predicted molar refractivity (Wildman–Crippen MR) is 113 cm³/mol. The van der Waals surface area contributed by atoms with Gasteiger partial charge in [0.2, 0.25) is 0 Å². The highest BCUT2D eigenvalue weighted by Gasteiger charge is 1.96. The summed E-state index contributed by atoms with van der Waals surface area (Å²) in [5.74, 6) is 0.173. The number of rotatable bonds is 18. The fourth-order valence-corrected chi connectivity index (χ4v) is 3.00. The summed E-state index contributed by atoms with van der Waals surface area (Å²) in [4.78, 5) is 10.3. The van der Waals surface area contributed by atoms with Crippen LogP contribution in [0.3, 0.4) is 0 Å². The number of unbranched alkanes of at least 4 members (excludes halogenated alkanes) is 15. The monoisotopic (exact) mass is 376 g/mol. The van der Waals surface area contributed by atoms with Gasteiger partial charge in [-0.2, -0.15) is 0 Å². The summed E-state index contributed by atoms with van der Waals surface area (Å²) >= 11 is 5.38. The Morgan fingerprint density at radius 2 is 0.920 bits per heavy atom. The van der Waals surface area contributed by atoms with E-state index in [0.29, 0.717) is 6.42 Å². The van der Waals surface area contributed by atoms with Crippen molar-refractivity contribution < 1.29 is 9.90 Å². The topological polar surface area (TPSA) is 37.3 Å². The average molecular weight is 377 g/mol. The SMILES string of the molecule is CCCCCCCCCCCCCCCCC(=O)O.CCCCCCl. The van der Waals surface area contributed by atoms with Crippen LogP contribution in [0.25, 0.3) is 0 Å². The molecule has 0 saturated heterocycles. The third-order valence-electron chi connectivity index (χ3n) is 4.48. The fourth-order valence-electron chi connectivity index (χ4n) is 2.82. The number of carboxylic acids is 1. The number of aliphatic carboxylic acids is 1. The minimum Gasteiger partial charge on any atom is -0.481 e. The zero-order valence-electron chi connectivity index (χ0n) is 17.2. The number of carbonyl (C=O) groups is 1. The van der Waals surface area contributed by atoms with Gasteiger partial charge in [-0.15, -0.1) is 11.6 Å². The molecule has 0 unspecified atom stereocenters. The third-order valence-corrected chi connectivity index (χ3v) is 4.75. The summed E-state index contributed by atoms with van der Waals surface area (Å²) < 4.78 is 0. The van der Waals surface area contributed by atoms with Crippen LogP contribution < -0.4 is 0 Å². The van der Waals surface area contributed by atoms with Crippen molar-refractivity contribution in [1.29, 1.82) is 0 Å². The molecule has 25 heavy (non-hydrogen) atoms. The molecule has 3 heteroatoms. The van der Waals surface area contributed by atoms with Crippen molar-refractivity contribution in [3.05, 3.63) is 0 Å². The van der Waals surface area contributed by atoms with Crippen molar-refractivity contribution in [2.75, 3.05) is 5.88 Å².